The first kappa shape index (κ1) is 11.4. The molecule has 2 nitrogen and oxygen atoms in total. The number of nitrogens with one attached hydrogen (secondary N) is 1. The molecule has 0 radical (unpaired) electrons. The van der Waals surface area contributed by atoms with Gasteiger partial charge in [-0.1, -0.05) is 20.3 Å². The molecule has 0 amide bonds. The van der Waals surface area contributed by atoms with Crippen molar-refractivity contribution < 1.29 is 0 Å². The van der Waals surface area contributed by atoms with Crippen molar-refractivity contribution in [1.29, 1.82) is 0 Å². The highest BCUT2D eigenvalue weighted by Crippen LogP contribution is 2.31. The maximum atomic E-state index is 3.77. The Hall–Kier alpha value is -0.0800. The second kappa shape index (κ2) is 4.42. The van der Waals surface area contributed by atoms with E-state index in [4.69, 9.17) is 0 Å². The van der Waals surface area contributed by atoms with E-state index in [0.29, 0.717) is 5.54 Å². The fourth-order valence-electron chi connectivity index (χ4n) is 2.97. The average Bonchev–Trinajstić information content (AvgIpc) is 2.19. The van der Waals surface area contributed by atoms with Crippen LogP contribution in [0.2, 0.25) is 0 Å². The van der Waals surface area contributed by atoms with E-state index in [0.717, 1.165) is 12.1 Å². The zero-order valence-electron chi connectivity index (χ0n) is 10.6. The van der Waals surface area contributed by atoms with E-state index in [9.17, 15) is 0 Å². The lowest BCUT2D eigenvalue weighted by atomic mass is 9.84. The third-order valence-electron chi connectivity index (χ3n) is 4.72. The third kappa shape index (κ3) is 2.07. The first-order valence-corrected chi connectivity index (χ1v) is 6.71. The van der Waals surface area contributed by atoms with Crippen molar-refractivity contribution in [2.24, 2.45) is 0 Å². The summed E-state index contributed by atoms with van der Waals surface area (Å²) in [4.78, 5) is 2.77. The van der Waals surface area contributed by atoms with Crippen molar-refractivity contribution in [3.8, 4) is 0 Å². The molecule has 1 aliphatic carbocycles. The zero-order valence-corrected chi connectivity index (χ0v) is 10.6. The van der Waals surface area contributed by atoms with E-state index in [2.05, 4.69) is 31.0 Å². The Kier molecular flexibility index (Phi) is 3.36. The molecule has 1 heterocycles. The van der Waals surface area contributed by atoms with Crippen molar-refractivity contribution in [3.63, 3.8) is 0 Å². The first-order chi connectivity index (χ1) is 7.21. The molecule has 0 bridgehead atoms. The Morgan fingerprint density at radius 1 is 1.27 bits per heavy atom. The number of hydrogen-bond donors (Lipinski definition) is 1. The lowest BCUT2D eigenvalue weighted by molar-refractivity contribution is 0.0148. The van der Waals surface area contributed by atoms with Crippen LogP contribution in [-0.2, 0) is 0 Å². The van der Waals surface area contributed by atoms with Crippen molar-refractivity contribution >= 4 is 0 Å². The van der Waals surface area contributed by atoms with Gasteiger partial charge in [-0.25, -0.2) is 0 Å². The lowest BCUT2D eigenvalue weighted by Crippen LogP contribution is -2.65. The molecule has 2 aliphatic rings. The predicted octanol–water partition coefficient (Wildman–Crippen LogP) is 2.39. The smallest absolute Gasteiger partial charge is 0.0304 e. The molecule has 2 heteroatoms. The van der Waals surface area contributed by atoms with Gasteiger partial charge in [-0.15, -0.1) is 0 Å². The highest BCUT2D eigenvalue weighted by atomic mass is 15.3. The van der Waals surface area contributed by atoms with Gasteiger partial charge in [0.2, 0.25) is 0 Å². The van der Waals surface area contributed by atoms with Crippen LogP contribution in [0.15, 0.2) is 0 Å². The number of rotatable bonds is 3. The van der Waals surface area contributed by atoms with Gasteiger partial charge >= 0.3 is 0 Å². The van der Waals surface area contributed by atoms with E-state index in [1.807, 2.05) is 0 Å². The highest BCUT2D eigenvalue weighted by molar-refractivity contribution is 4.98. The molecule has 0 aromatic rings. The number of piperazine rings is 1. The minimum Gasteiger partial charge on any atom is -0.308 e. The molecule has 1 saturated heterocycles. The SMILES string of the molecule is CCC1(CC)CN(C2CCC2)C(C)CN1. The second-order valence-electron chi connectivity index (χ2n) is 5.47. The summed E-state index contributed by atoms with van der Waals surface area (Å²) in [6.45, 7) is 9.47. The molecule has 88 valence electrons. The van der Waals surface area contributed by atoms with Gasteiger partial charge in [-0.05, 0) is 32.6 Å². The minimum absolute atomic E-state index is 0.405. The average molecular weight is 210 g/mol. The molecule has 1 saturated carbocycles. The van der Waals surface area contributed by atoms with E-state index < -0.39 is 0 Å². The highest BCUT2D eigenvalue weighted by Gasteiger charge is 2.39. The van der Waals surface area contributed by atoms with Crippen LogP contribution in [0.3, 0.4) is 0 Å². The van der Waals surface area contributed by atoms with Crippen molar-refractivity contribution in [3.05, 3.63) is 0 Å². The molecule has 1 unspecified atom stereocenters. The quantitative estimate of drug-likeness (QED) is 0.769. The van der Waals surface area contributed by atoms with E-state index in [1.54, 1.807) is 0 Å². The largest absolute Gasteiger partial charge is 0.308 e. The van der Waals surface area contributed by atoms with Gasteiger partial charge in [0.15, 0.2) is 0 Å². The molecule has 2 fully saturated rings. The summed E-state index contributed by atoms with van der Waals surface area (Å²) in [7, 11) is 0. The molecule has 0 aromatic heterocycles. The summed E-state index contributed by atoms with van der Waals surface area (Å²) in [5.41, 5.74) is 0.405. The molecule has 15 heavy (non-hydrogen) atoms. The molecule has 1 aliphatic heterocycles. The van der Waals surface area contributed by atoms with E-state index in [1.165, 1.54) is 45.2 Å². The summed E-state index contributed by atoms with van der Waals surface area (Å²) in [5, 5.41) is 3.77. The summed E-state index contributed by atoms with van der Waals surface area (Å²) in [5.74, 6) is 0. The van der Waals surface area contributed by atoms with Crippen molar-refractivity contribution in [2.45, 2.75) is 70.5 Å². The van der Waals surface area contributed by atoms with Crippen molar-refractivity contribution in [2.75, 3.05) is 13.1 Å². The van der Waals surface area contributed by atoms with Crippen LogP contribution in [0.25, 0.3) is 0 Å². The van der Waals surface area contributed by atoms with Gasteiger partial charge < -0.3 is 5.32 Å². The maximum absolute atomic E-state index is 3.77. The Labute approximate surface area is 94.4 Å². The standard InChI is InChI=1S/C13H26N2/c1-4-13(5-2)10-15(11(3)9-14-13)12-7-6-8-12/h11-12,14H,4-10H2,1-3H3. The molecular formula is C13H26N2. The fraction of sp³-hybridized carbons (Fsp3) is 1.00. The van der Waals surface area contributed by atoms with Gasteiger partial charge in [-0.3, -0.25) is 4.90 Å². The lowest BCUT2D eigenvalue weighted by Gasteiger charge is -2.51. The van der Waals surface area contributed by atoms with Gasteiger partial charge in [-0.2, -0.15) is 0 Å². The van der Waals surface area contributed by atoms with E-state index in [-0.39, 0.29) is 0 Å². The van der Waals surface area contributed by atoms with Gasteiger partial charge in [0.25, 0.3) is 0 Å². The summed E-state index contributed by atoms with van der Waals surface area (Å²) < 4.78 is 0. The third-order valence-corrected chi connectivity index (χ3v) is 4.72. The molecule has 2 rings (SSSR count). The van der Waals surface area contributed by atoms with Crippen molar-refractivity contribution in [1.82, 2.24) is 10.2 Å². The van der Waals surface area contributed by atoms with Crippen LogP contribution in [-0.4, -0.2) is 35.6 Å². The van der Waals surface area contributed by atoms with Crippen LogP contribution in [0, 0.1) is 0 Å². The van der Waals surface area contributed by atoms with E-state index >= 15 is 0 Å². The maximum Gasteiger partial charge on any atom is 0.0304 e. The summed E-state index contributed by atoms with van der Waals surface area (Å²) >= 11 is 0. The summed E-state index contributed by atoms with van der Waals surface area (Å²) in [6, 6.07) is 1.64. The molecule has 0 spiro atoms. The summed E-state index contributed by atoms with van der Waals surface area (Å²) in [6.07, 6.45) is 6.85. The Morgan fingerprint density at radius 3 is 2.40 bits per heavy atom. The fourth-order valence-corrected chi connectivity index (χ4v) is 2.97. The Bertz CT molecular complexity index is 205. The monoisotopic (exact) mass is 210 g/mol. The normalized spacial score (nSPS) is 32.6. The van der Waals surface area contributed by atoms with Gasteiger partial charge in [0, 0.05) is 30.7 Å². The predicted molar refractivity (Wildman–Crippen MR) is 65.1 cm³/mol. The second-order valence-corrected chi connectivity index (χ2v) is 5.47. The molecule has 1 atom stereocenters. The van der Waals surface area contributed by atoms with Crippen LogP contribution in [0.4, 0.5) is 0 Å². The molecule has 1 N–H and O–H groups in total. The van der Waals surface area contributed by atoms with Crippen LogP contribution in [0.5, 0.6) is 0 Å². The number of hydrogen-bond acceptors (Lipinski definition) is 2. The Morgan fingerprint density at radius 2 is 1.93 bits per heavy atom. The minimum atomic E-state index is 0.405. The van der Waals surface area contributed by atoms with Crippen LogP contribution >= 0.6 is 0 Å². The Balaban J connectivity index is 2.02. The zero-order chi connectivity index (χ0) is 10.9. The van der Waals surface area contributed by atoms with Crippen LogP contribution in [0.1, 0.15) is 52.9 Å². The first-order valence-electron chi connectivity index (χ1n) is 6.71. The van der Waals surface area contributed by atoms with Gasteiger partial charge in [0.05, 0.1) is 0 Å². The number of nitrogens with zero attached hydrogens (tertiary/aromatic N) is 1. The topological polar surface area (TPSA) is 15.3 Å². The van der Waals surface area contributed by atoms with Gasteiger partial charge in [0.1, 0.15) is 0 Å². The van der Waals surface area contributed by atoms with Crippen LogP contribution < -0.4 is 5.32 Å². The molecular weight excluding hydrogens is 184 g/mol. The molecule has 0 aromatic carbocycles.